The Balaban J connectivity index is 1.61. The van der Waals surface area contributed by atoms with Gasteiger partial charge in [-0.2, -0.15) is 0 Å². The molecular formula is C24H29N3O4. The second-order valence-corrected chi connectivity index (χ2v) is 7.31. The predicted molar refractivity (Wildman–Crippen MR) is 117 cm³/mol. The molecule has 0 aliphatic carbocycles. The fraction of sp³-hybridized carbons (Fsp3) is 0.333. The molecule has 0 aliphatic heterocycles. The van der Waals surface area contributed by atoms with Crippen LogP contribution in [0.15, 0.2) is 65.2 Å². The lowest BCUT2D eigenvalue weighted by Crippen LogP contribution is -2.34. The first-order chi connectivity index (χ1) is 15.1. The molecule has 2 aromatic heterocycles. The van der Waals surface area contributed by atoms with E-state index < -0.39 is 0 Å². The molecule has 0 fully saturated rings. The van der Waals surface area contributed by atoms with Crippen molar-refractivity contribution in [2.45, 2.75) is 33.0 Å². The molecule has 31 heavy (non-hydrogen) atoms. The van der Waals surface area contributed by atoms with Gasteiger partial charge in [0.25, 0.3) is 5.91 Å². The summed E-state index contributed by atoms with van der Waals surface area (Å²) in [6.45, 7) is 4.20. The third-order valence-electron chi connectivity index (χ3n) is 4.90. The minimum atomic E-state index is -0.248. The standard InChI is InChI=1S/C24H29N3O4/c1-3-13-27(23(28)18-30-2)16-20-10-7-14-26(20)17-21-11-12-22(31-21)24(29)25-15-19-8-5-4-6-9-19/h4-12,14H,3,13,15-18H2,1-2H3,(H,25,29). The Kier molecular flexibility index (Phi) is 8.06. The van der Waals surface area contributed by atoms with E-state index in [0.29, 0.717) is 31.9 Å². The normalized spacial score (nSPS) is 10.8. The number of aromatic nitrogens is 1. The Morgan fingerprint density at radius 1 is 1.10 bits per heavy atom. The number of methoxy groups -OCH3 is 1. The minimum absolute atomic E-state index is 0.0347. The van der Waals surface area contributed by atoms with Gasteiger partial charge in [0.1, 0.15) is 12.4 Å². The SMILES string of the molecule is CCCN(Cc1cccn1Cc1ccc(C(=O)NCc2ccccc2)o1)C(=O)COC. The summed E-state index contributed by atoms with van der Waals surface area (Å²) in [6, 6.07) is 17.1. The number of nitrogens with zero attached hydrogens (tertiary/aromatic N) is 2. The molecule has 0 unspecified atom stereocenters. The summed E-state index contributed by atoms with van der Waals surface area (Å²) < 4.78 is 12.8. The fourth-order valence-electron chi connectivity index (χ4n) is 3.34. The summed E-state index contributed by atoms with van der Waals surface area (Å²) in [6.07, 6.45) is 2.81. The van der Waals surface area contributed by atoms with E-state index in [0.717, 1.165) is 17.7 Å². The number of furan rings is 1. The molecule has 2 heterocycles. The van der Waals surface area contributed by atoms with Crippen molar-refractivity contribution < 1.29 is 18.7 Å². The zero-order chi connectivity index (χ0) is 22.1. The van der Waals surface area contributed by atoms with Crippen molar-refractivity contribution in [1.82, 2.24) is 14.8 Å². The van der Waals surface area contributed by atoms with Gasteiger partial charge < -0.3 is 23.9 Å². The molecule has 2 amide bonds. The van der Waals surface area contributed by atoms with Crippen LogP contribution >= 0.6 is 0 Å². The van der Waals surface area contributed by atoms with Gasteiger partial charge in [0.05, 0.1) is 13.1 Å². The molecule has 1 N–H and O–H groups in total. The third-order valence-corrected chi connectivity index (χ3v) is 4.90. The predicted octanol–water partition coefficient (Wildman–Crippen LogP) is 3.44. The third kappa shape index (κ3) is 6.33. The van der Waals surface area contributed by atoms with Crippen molar-refractivity contribution in [3.05, 3.63) is 83.6 Å². The van der Waals surface area contributed by atoms with E-state index in [1.54, 1.807) is 17.0 Å². The smallest absolute Gasteiger partial charge is 0.287 e. The van der Waals surface area contributed by atoms with Crippen molar-refractivity contribution in [1.29, 1.82) is 0 Å². The number of nitrogens with one attached hydrogen (secondary N) is 1. The molecule has 0 saturated carbocycles. The molecule has 3 rings (SSSR count). The first-order valence-corrected chi connectivity index (χ1v) is 10.4. The van der Waals surface area contributed by atoms with Gasteiger partial charge in [-0.05, 0) is 36.2 Å². The number of amides is 2. The quantitative estimate of drug-likeness (QED) is 0.513. The zero-order valence-corrected chi connectivity index (χ0v) is 18.0. The van der Waals surface area contributed by atoms with E-state index in [4.69, 9.17) is 9.15 Å². The van der Waals surface area contributed by atoms with Gasteiger partial charge in [-0.25, -0.2) is 0 Å². The molecule has 0 radical (unpaired) electrons. The van der Waals surface area contributed by atoms with Crippen molar-refractivity contribution in [2.24, 2.45) is 0 Å². The Hall–Kier alpha value is -3.32. The lowest BCUT2D eigenvalue weighted by Gasteiger charge is -2.22. The number of carbonyl (C=O) groups excluding carboxylic acids is 2. The number of hydrogen-bond donors (Lipinski definition) is 1. The summed E-state index contributed by atoms with van der Waals surface area (Å²) in [4.78, 5) is 26.5. The van der Waals surface area contributed by atoms with Gasteiger partial charge in [0.15, 0.2) is 5.76 Å². The first kappa shape index (κ1) is 22.4. The molecular weight excluding hydrogens is 394 g/mol. The van der Waals surface area contributed by atoms with E-state index in [9.17, 15) is 9.59 Å². The summed E-state index contributed by atoms with van der Waals surface area (Å²) >= 11 is 0. The summed E-state index contributed by atoms with van der Waals surface area (Å²) in [5.74, 6) is 0.671. The van der Waals surface area contributed by atoms with Gasteiger partial charge in [-0.3, -0.25) is 9.59 Å². The molecule has 164 valence electrons. The van der Waals surface area contributed by atoms with Gasteiger partial charge in [-0.15, -0.1) is 0 Å². The van der Waals surface area contributed by atoms with Crippen LogP contribution < -0.4 is 5.32 Å². The molecule has 3 aromatic rings. The van der Waals surface area contributed by atoms with Crippen LogP contribution in [-0.4, -0.2) is 41.5 Å². The Labute approximate surface area is 182 Å². The number of hydrogen-bond acceptors (Lipinski definition) is 4. The Morgan fingerprint density at radius 2 is 1.90 bits per heavy atom. The lowest BCUT2D eigenvalue weighted by molar-refractivity contribution is -0.135. The fourth-order valence-corrected chi connectivity index (χ4v) is 3.34. The number of carbonyl (C=O) groups is 2. The van der Waals surface area contributed by atoms with E-state index in [1.807, 2.05) is 60.2 Å². The molecule has 0 saturated heterocycles. The van der Waals surface area contributed by atoms with E-state index >= 15 is 0 Å². The highest BCUT2D eigenvalue weighted by Gasteiger charge is 2.16. The Bertz CT molecular complexity index is 978. The number of rotatable bonds is 11. The summed E-state index contributed by atoms with van der Waals surface area (Å²) in [5.41, 5.74) is 2.02. The molecule has 0 atom stereocenters. The largest absolute Gasteiger partial charge is 0.454 e. The van der Waals surface area contributed by atoms with Crippen molar-refractivity contribution >= 4 is 11.8 Å². The zero-order valence-electron chi connectivity index (χ0n) is 18.0. The van der Waals surface area contributed by atoms with Crippen LogP contribution in [0, 0.1) is 0 Å². The maximum Gasteiger partial charge on any atom is 0.287 e. The second-order valence-electron chi connectivity index (χ2n) is 7.31. The topological polar surface area (TPSA) is 76.7 Å². The van der Waals surface area contributed by atoms with E-state index in [2.05, 4.69) is 5.32 Å². The van der Waals surface area contributed by atoms with E-state index in [1.165, 1.54) is 7.11 Å². The molecule has 7 heteroatoms. The highest BCUT2D eigenvalue weighted by Crippen LogP contribution is 2.14. The van der Waals surface area contributed by atoms with Crippen LogP contribution in [-0.2, 0) is 29.2 Å². The average Bonchev–Trinajstić information content (AvgIpc) is 3.43. The van der Waals surface area contributed by atoms with Crippen LogP contribution in [0.4, 0.5) is 0 Å². The van der Waals surface area contributed by atoms with Crippen molar-refractivity contribution in [3.63, 3.8) is 0 Å². The second kappa shape index (κ2) is 11.2. The molecule has 1 aromatic carbocycles. The lowest BCUT2D eigenvalue weighted by atomic mass is 10.2. The minimum Gasteiger partial charge on any atom is -0.454 e. The Morgan fingerprint density at radius 3 is 2.65 bits per heavy atom. The summed E-state index contributed by atoms with van der Waals surface area (Å²) in [5, 5.41) is 2.87. The van der Waals surface area contributed by atoms with Crippen LogP contribution in [0.5, 0.6) is 0 Å². The van der Waals surface area contributed by atoms with Crippen molar-refractivity contribution in [2.75, 3.05) is 20.3 Å². The average molecular weight is 424 g/mol. The number of benzene rings is 1. The summed E-state index contributed by atoms with van der Waals surface area (Å²) in [7, 11) is 1.52. The maximum absolute atomic E-state index is 12.4. The van der Waals surface area contributed by atoms with Gasteiger partial charge in [0.2, 0.25) is 5.91 Å². The highest BCUT2D eigenvalue weighted by molar-refractivity contribution is 5.91. The van der Waals surface area contributed by atoms with Crippen molar-refractivity contribution in [3.8, 4) is 0 Å². The van der Waals surface area contributed by atoms with Gasteiger partial charge in [0, 0.05) is 32.1 Å². The van der Waals surface area contributed by atoms with Crippen LogP contribution in [0.1, 0.15) is 40.9 Å². The molecule has 0 bridgehead atoms. The molecule has 7 nitrogen and oxygen atoms in total. The monoisotopic (exact) mass is 423 g/mol. The van der Waals surface area contributed by atoms with Gasteiger partial charge >= 0.3 is 0 Å². The van der Waals surface area contributed by atoms with Crippen LogP contribution in [0.25, 0.3) is 0 Å². The highest BCUT2D eigenvalue weighted by atomic mass is 16.5. The maximum atomic E-state index is 12.4. The number of ether oxygens (including phenoxy) is 1. The molecule has 0 aliphatic rings. The van der Waals surface area contributed by atoms with E-state index in [-0.39, 0.29) is 24.2 Å². The van der Waals surface area contributed by atoms with Crippen LogP contribution in [0.3, 0.4) is 0 Å². The first-order valence-electron chi connectivity index (χ1n) is 10.4. The molecule has 0 spiro atoms. The van der Waals surface area contributed by atoms with Gasteiger partial charge in [-0.1, -0.05) is 37.3 Å². The van der Waals surface area contributed by atoms with Crippen LogP contribution in [0.2, 0.25) is 0 Å².